The predicted octanol–water partition coefficient (Wildman–Crippen LogP) is 2.15. The van der Waals surface area contributed by atoms with Gasteiger partial charge < -0.3 is 14.0 Å². The lowest BCUT2D eigenvalue weighted by Crippen LogP contribution is -2.29. The van der Waals surface area contributed by atoms with Gasteiger partial charge in [-0.3, -0.25) is 0 Å². The highest BCUT2D eigenvalue weighted by Crippen LogP contribution is 2.29. The van der Waals surface area contributed by atoms with Crippen molar-refractivity contribution in [2.75, 3.05) is 0 Å². The molecule has 1 aliphatic rings. The third-order valence-electron chi connectivity index (χ3n) is 2.39. The number of hydrogen-bond acceptors (Lipinski definition) is 3. The number of allylic oxidation sites excluding steroid dienone is 2. The Bertz CT molecular complexity index is 278. The maximum absolute atomic E-state index is 10.8. The first-order valence-corrected chi connectivity index (χ1v) is 8.65. The van der Waals surface area contributed by atoms with Crippen LogP contribution in [0.2, 0.25) is 19.6 Å². The molecule has 4 heteroatoms. The molecule has 3 nitrogen and oxygen atoms in total. The van der Waals surface area contributed by atoms with Crippen molar-refractivity contribution in [2.45, 2.75) is 32.5 Å². The summed E-state index contributed by atoms with van der Waals surface area (Å²) in [5.41, 5.74) is 0. The molecular formula is C11H18O3Si. The second-order valence-corrected chi connectivity index (χ2v) is 9.35. The first kappa shape index (κ1) is 12.2. The average molecular weight is 226 g/mol. The Morgan fingerprint density at radius 2 is 1.87 bits per heavy atom. The van der Waals surface area contributed by atoms with E-state index in [2.05, 4.69) is 19.6 Å². The molecule has 0 aromatic heterocycles. The van der Waals surface area contributed by atoms with Crippen LogP contribution in [-0.2, 0) is 14.0 Å². The summed E-state index contributed by atoms with van der Waals surface area (Å²) >= 11 is 0. The fourth-order valence-electron chi connectivity index (χ4n) is 1.69. The lowest BCUT2D eigenvalue weighted by molar-refractivity contribution is -0.119. The molecule has 0 heterocycles. The minimum atomic E-state index is -1.59. The average Bonchev–Trinajstić information content (AvgIpc) is 2.15. The van der Waals surface area contributed by atoms with Crippen LogP contribution in [0.15, 0.2) is 11.8 Å². The maximum atomic E-state index is 10.8. The Morgan fingerprint density at radius 3 is 2.33 bits per heavy atom. The molecule has 2 atom stereocenters. The molecule has 0 fully saturated rings. The zero-order valence-corrected chi connectivity index (χ0v) is 10.5. The number of rotatable bonds is 4. The maximum Gasteiger partial charge on any atom is 0.241 e. The summed E-state index contributed by atoms with van der Waals surface area (Å²) in [6, 6.07) is 0. The molecule has 0 amide bonds. The van der Waals surface area contributed by atoms with E-state index in [-0.39, 0.29) is 11.8 Å². The molecule has 1 aliphatic carbocycles. The Kier molecular flexibility index (Phi) is 3.85. The van der Waals surface area contributed by atoms with Gasteiger partial charge in [-0.05, 0) is 32.1 Å². The number of aldehydes is 2. The van der Waals surface area contributed by atoms with Crippen LogP contribution < -0.4 is 0 Å². The van der Waals surface area contributed by atoms with Crippen molar-refractivity contribution in [3.8, 4) is 0 Å². The highest BCUT2D eigenvalue weighted by molar-refractivity contribution is 6.70. The molecule has 0 saturated carbocycles. The van der Waals surface area contributed by atoms with Crippen LogP contribution in [0, 0.1) is 11.8 Å². The van der Waals surface area contributed by atoms with Crippen molar-refractivity contribution in [3.63, 3.8) is 0 Å². The van der Waals surface area contributed by atoms with Gasteiger partial charge in [-0.1, -0.05) is 0 Å². The third kappa shape index (κ3) is 3.62. The molecule has 0 saturated heterocycles. The van der Waals surface area contributed by atoms with E-state index in [9.17, 15) is 9.59 Å². The zero-order chi connectivity index (χ0) is 11.5. The quantitative estimate of drug-likeness (QED) is 0.545. The van der Waals surface area contributed by atoms with Gasteiger partial charge >= 0.3 is 0 Å². The van der Waals surface area contributed by atoms with Gasteiger partial charge in [0.15, 0.2) is 0 Å². The van der Waals surface area contributed by atoms with Gasteiger partial charge in [0, 0.05) is 18.3 Å². The largest absolute Gasteiger partial charge is 0.548 e. The van der Waals surface area contributed by atoms with Crippen molar-refractivity contribution in [1.82, 2.24) is 0 Å². The molecule has 0 bridgehead atoms. The fourth-order valence-corrected chi connectivity index (χ4v) is 2.64. The van der Waals surface area contributed by atoms with Crippen LogP contribution in [0.5, 0.6) is 0 Å². The highest BCUT2D eigenvalue weighted by Gasteiger charge is 2.28. The van der Waals surface area contributed by atoms with Gasteiger partial charge in [0.25, 0.3) is 0 Å². The Labute approximate surface area is 91.6 Å². The van der Waals surface area contributed by atoms with Crippen LogP contribution in [0.4, 0.5) is 0 Å². The van der Waals surface area contributed by atoms with Gasteiger partial charge in [-0.15, -0.1) is 0 Å². The molecule has 0 aromatic rings. The van der Waals surface area contributed by atoms with Crippen molar-refractivity contribution < 1.29 is 14.0 Å². The normalized spacial score (nSPS) is 26.7. The Hall–Kier alpha value is -0.903. The molecular weight excluding hydrogens is 208 g/mol. The lowest BCUT2D eigenvalue weighted by atomic mass is 9.84. The number of hydrogen-bond donors (Lipinski definition) is 0. The van der Waals surface area contributed by atoms with Crippen LogP contribution in [-0.4, -0.2) is 20.9 Å². The molecule has 0 N–H and O–H groups in total. The first-order valence-electron chi connectivity index (χ1n) is 5.25. The Balaban J connectivity index is 2.67. The summed E-state index contributed by atoms with van der Waals surface area (Å²) in [5.74, 6) is 0.541. The summed E-state index contributed by atoms with van der Waals surface area (Å²) in [4.78, 5) is 21.5. The van der Waals surface area contributed by atoms with E-state index in [4.69, 9.17) is 4.43 Å². The summed E-state index contributed by atoms with van der Waals surface area (Å²) < 4.78 is 5.83. The van der Waals surface area contributed by atoms with Gasteiger partial charge in [-0.25, -0.2) is 0 Å². The fraction of sp³-hybridized carbons (Fsp3) is 0.636. The van der Waals surface area contributed by atoms with E-state index in [1.807, 2.05) is 6.08 Å². The van der Waals surface area contributed by atoms with Gasteiger partial charge in [0.1, 0.15) is 12.6 Å². The molecule has 2 unspecified atom stereocenters. The van der Waals surface area contributed by atoms with E-state index >= 15 is 0 Å². The monoisotopic (exact) mass is 226 g/mol. The van der Waals surface area contributed by atoms with E-state index in [0.717, 1.165) is 18.3 Å². The van der Waals surface area contributed by atoms with Crippen molar-refractivity contribution in [3.05, 3.63) is 11.8 Å². The summed E-state index contributed by atoms with van der Waals surface area (Å²) in [7, 11) is -1.59. The summed E-state index contributed by atoms with van der Waals surface area (Å²) in [5, 5.41) is 0. The molecule has 84 valence electrons. The van der Waals surface area contributed by atoms with Gasteiger partial charge in [0.2, 0.25) is 8.32 Å². The van der Waals surface area contributed by atoms with Crippen LogP contribution in [0.3, 0.4) is 0 Å². The molecule has 1 rings (SSSR count). The number of carbonyl (C=O) groups excluding carboxylic acids is 2. The second-order valence-electron chi connectivity index (χ2n) is 4.92. The molecule has 0 radical (unpaired) electrons. The summed E-state index contributed by atoms with van der Waals surface area (Å²) in [6.07, 6.45) is 4.92. The van der Waals surface area contributed by atoms with Crippen LogP contribution in [0.1, 0.15) is 12.8 Å². The van der Waals surface area contributed by atoms with Gasteiger partial charge in [0.05, 0.1) is 5.76 Å². The topological polar surface area (TPSA) is 43.4 Å². The first-order chi connectivity index (χ1) is 6.96. The SMILES string of the molecule is C[Si](C)(C)OC1=CCC(C=O)C(C=O)C1. The third-order valence-corrected chi connectivity index (χ3v) is 3.27. The van der Waals surface area contributed by atoms with Crippen LogP contribution in [0.25, 0.3) is 0 Å². The predicted molar refractivity (Wildman–Crippen MR) is 60.9 cm³/mol. The molecule has 15 heavy (non-hydrogen) atoms. The molecule has 0 spiro atoms. The van der Waals surface area contributed by atoms with E-state index in [1.54, 1.807) is 0 Å². The van der Waals surface area contributed by atoms with Crippen molar-refractivity contribution >= 4 is 20.9 Å². The smallest absolute Gasteiger partial charge is 0.241 e. The van der Waals surface area contributed by atoms with Crippen molar-refractivity contribution in [1.29, 1.82) is 0 Å². The summed E-state index contributed by atoms with van der Waals surface area (Å²) in [6.45, 7) is 6.32. The lowest BCUT2D eigenvalue weighted by Gasteiger charge is -2.28. The minimum absolute atomic E-state index is 0.156. The van der Waals surface area contributed by atoms with Crippen LogP contribution >= 0.6 is 0 Å². The van der Waals surface area contributed by atoms with E-state index < -0.39 is 8.32 Å². The standard InChI is InChI=1S/C11H18O3Si/c1-15(2,3)14-11-5-4-9(7-12)10(6-11)8-13/h5,7-10H,4,6H2,1-3H3. The van der Waals surface area contributed by atoms with E-state index in [1.165, 1.54) is 0 Å². The zero-order valence-electron chi connectivity index (χ0n) is 9.53. The molecule has 0 aromatic carbocycles. The van der Waals surface area contributed by atoms with Gasteiger partial charge in [-0.2, -0.15) is 0 Å². The highest BCUT2D eigenvalue weighted by atomic mass is 28.4. The molecule has 0 aliphatic heterocycles. The van der Waals surface area contributed by atoms with E-state index in [0.29, 0.717) is 12.8 Å². The van der Waals surface area contributed by atoms with Crippen molar-refractivity contribution in [2.24, 2.45) is 11.8 Å². The minimum Gasteiger partial charge on any atom is -0.548 e. The number of carbonyl (C=O) groups is 2. The Morgan fingerprint density at radius 1 is 1.27 bits per heavy atom. The second kappa shape index (κ2) is 4.75.